The number of aliphatic hydroxyl groups excluding tert-OH is 1. The van der Waals surface area contributed by atoms with Gasteiger partial charge >= 0.3 is 0 Å². The van der Waals surface area contributed by atoms with Crippen molar-refractivity contribution in [2.75, 3.05) is 7.11 Å². The Labute approximate surface area is 122 Å². The topological polar surface area (TPSA) is 29.5 Å². The van der Waals surface area contributed by atoms with E-state index >= 15 is 0 Å². The summed E-state index contributed by atoms with van der Waals surface area (Å²) in [7, 11) is 1.62. The minimum atomic E-state index is -0.623. The van der Waals surface area contributed by atoms with Gasteiger partial charge < -0.3 is 9.84 Å². The average Bonchev–Trinajstić information content (AvgIpc) is 2.42. The molecule has 1 atom stereocenters. The maximum absolute atomic E-state index is 10.2. The molecule has 0 fully saturated rings. The normalized spacial score (nSPS) is 12.2. The van der Waals surface area contributed by atoms with Gasteiger partial charge in [0.2, 0.25) is 0 Å². The van der Waals surface area contributed by atoms with E-state index < -0.39 is 6.10 Å². The van der Waals surface area contributed by atoms with Crippen molar-refractivity contribution in [3.05, 3.63) is 63.6 Å². The molecular weight excluding hydrogens is 283 g/mol. The molecule has 0 saturated heterocycles. The molecular formula is C15H14Cl2O2. The van der Waals surface area contributed by atoms with E-state index in [1.54, 1.807) is 25.3 Å². The summed E-state index contributed by atoms with van der Waals surface area (Å²) in [5.41, 5.74) is 1.75. The van der Waals surface area contributed by atoms with E-state index in [0.717, 1.165) is 16.9 Å². The summed E-state index contributed by atoms with van der Waals surface area (Å²) in [4.78, 5) is 0. The summed E-state index contributed by atoms with van der Waals surface area (Å²) in [5.74, 6) is 0.777. The first-order chi connectivity index (χ1) is 9.10. The van der Waals surface area contributed by atoms with Crippen LogP contribution in [0, 0.1) is 0 Å². The number of aliphatic hydroxyl groups is 1. The zero-order valence-corrected chi connectivity index (χ0v) is 11.9. The van der Waals surface area contributed by atoms with Gasteiger partial charge in [-0.2, -0.15) is 0 Å². The molecule has 0 bridgehead atoms. The molecule has 2 aromatic rings. The van der Waals surface area contributed by atoms with Crippen LogP contribution in [0.2, 0.25) is 10.0 Å². The van der Waals surface area contributed by atoms with Gasteiger partial charge in [-0.3, -0.25) is 0 Å². The predicted molar refractivity (Wildman–Crippen MR) is 78.1 cm³/mol. The van der Waals surface area contributed by atoms with Crippen LogP contribution in [0.15, 0.2) is 42.5 Å². The summed E-state index contributed by atoms with van der Waals surface area (Å²) in [5, 5.41) is 11.1. The first-order valence-electron chi connectivity index (χ1n) is 5.86. The summed E-state index contributed by atoms with van der Waals surface area (Å²) in [6.07, 6.45) is -0.128. The molecule has 0 aliphatic heterocycles. The van der Waals surface area contributed by atoms with Crippen molar-refractivity contribution in [1.82, 2.24) is 0 Å². The summed E-state index contributed by atoms with van der Waals surface area (Å²) in [6, 6.07) is 12.8. The van der Waals surface area contributed by atoms with Gasteiger partial charge in [0, 0.05) is 6.42 Å². The van der Waals surface area contributed by atoms with E-state index in [1.807, 2.05) is 24.3 Å². The lowest BCUT2D eigenvalue weighted by molar-refractivity contribution is 0.178. The zero-order valence-electron chi connectivity index (χ0n) is 10.4. The third-order valence-corrected chi connectivity index (χ3v) is 3.63. The van der Waals surface area contributed by atoms with Crippen LogP contribution in [0.25, 0.3) is 0 Å². The Hall–Kier alpha value is -1.22. The highest BCUT2D eigenvalue weighted by Crippen LogP contribution is 2.27. The zero-order chi connectivity index (χ0) is 13.8. The van der Waals surface area contributed by atoms with Gasteiger partial charge in [0.1, 0.15) is 5.75 Å². The van der Waals surface area contributed by atoms with Gasteiger partial charge in [-0.1, -0.05) is 41.4 Å². The predicted octanol–water partition coefficient (Wildman–Crippen LogP) is 4.28. The maximum Gasteiger partial charge on any atom is 0.119 e. The molecule has 1 unspecified atom stereocenters. The highest BCUT2D eigenvalue weighted by molar-refractivity contribution is 6.42. The minimum absolute atomic E-state index is 0.448. The molecule has 0 heterocycles. The van der Waals surface area contributed by atoms with E-state index in [0.29, 0.717) is 16.5 Å². The molecule has 100 valence electrons. The number of halogens is 2. The SMILES string of the molecule is COc1cccc(CC(O)c2ccc(Cl)c(Cl)c2)c1. The first kappa shape index (κ1) is 14.2. The molecule has 1 N–H and O–H groups in total. The molecule has 0 amide bonds. The monoisotopic (exact) mass is 296 g/mol. The Kier molecular flexibility index (Phi) is 4.70. The quantitative estimate of drug-likeness (QED) is 0.912. The van der Waals surface area contributed by atoms with Crippen molar-refractivity contribution in [3.63, 3.8) is 0 Å². The molecule has 0 radical (unpaired) electrons. The summed E-state index contributed by atoms with van der Waals surface area (Å²) >= 11 is 11.8. The van der Waals surface area contributed by atoms with Crippen molar-refractivity contribution in [3.8, 4) is 5.75 Å². The van der Waals surface area contributed by atoms with Crippen LogP contribution in [0.1, 0.15) is 17.2 Å². The molecule has 0 aliphatic rings. The second-order valence-electron chi connectivity index (χ2n) is 4.24. The van der Waals surface area contributed by atoms with Crippen molar-refractivity contribution >= 4 is 23.2 Å². The van der Waals surface area contributed by atoms with Gasteiger partial charge in [-0.25, -0.2) is 0 Å². The van der Waals surface area contributed by atoms with E-state index in [4.69, 9.17) is 27.9 Å². The highest BCUT2D eigenvalue weighted by Gasteiger charge is 2.11. The largest absolute Gasteiger partial charge is 0.497 e. The molecule has 0 aliphatic carbocycles. The van der Waals surface area contributed by atoms with E-state index in [1.165, 1.54) is 0 Å². The maximum atomic E-state index is 10.2. The van der Waals surface area contributed by atoms with Crippen LogP contribution >= 0.6 is 23.2 Å². The number of hydrogen-bond acceptors (Lipinski definition) is 2. The third kappa shape index (κ3) is 3.63. The number of methoxy groups -OCH3 is 1. The van der Waals surface area contributed by atoms with Crippen LogP contribution in [0.3, 0.4) is 0 Å². The van der Waals surface area contributed by atoms with E-state index in [2.05, 4.69) is 0 Å². The van der Waals surface area contributed by atoms with E-state index in [-0.39, 0.29) is 0 Å². The molecule has 0 saturated carbocycles. The standard InChI is InChI=1S/C15H14Cl2O2/c1-19-12-4-2-3-10(7-12)8-15(18)11-5-6-13(16)14(17)9-11/h2-7,9,15,18H,8H2,1H3. The lowest BCUT2D eigenvalue weighted by Crippen LogP contribution is -2.02. The fourth-order valence-electron chi connectivity index (χ4n) is 1.86. The molecule has 2 nitrogen and oxygen atoms in total. The fourth-order valence-corrected chi connectivity index (χ4v) is 2.17. The number of ether oxygens (including phenoxy) is 1. The van der Waals surface area contributed by atoms with Gasteiger partial charge in [-0.15, -0.1) is 0 Å². The molecule has 2 aromatic carbocycles. The summed E-state index contributed by atoms with van der Waals surface area (Å²) in [6.45, 7) is 0. The van der Waals surface area contributed by atoms with Crippen LogP contribution in [-0.4, -0.2) is 12.2 Å². The Morgan fingerprint density at radius 1 is 1.11 bits per heavy atom. The number of benzene rings is 2. The fraction of sp³-hybridized carbons (Fsp3) is 0.200. The molecule has 0 spiro atoms. The molecule has 4 heteroatoms. The van der Waals surface area contributed by atoms with Gasteiger partial charge in [-0.05, 0) is 35.4 Å². The lowest BCUT2D eigenvalue weighted by atomic mass is 10.0. The molecule has 2 rings (SSSR count). The van der Waals surface area contributed by atoms with Crippen LogP contribution in [0.4, 0.5) is 0 Å². The lowest BCUT2D eigenvalue weighted by Gasteiger charge is -2.12. The molecule has 19 heavy (non-hydrogen) atoms. The van der Waals surface area contributed by atoms with Gasteiger partial charge in [0.25, 0.3) is 0 Å². The Balaban J connectivity index is 2.15. The summed E-state index contributed by atoms with van der Waals surface area (Å²) < 4.78 is 5.16. The number of rotatable bonds is 4. The Morgan fingerprint density at radius 3 is 2.58 bits per heavy atom. The number of hydrogen-bond donors (Lipinski definition) is 1. The first-order valence-corrected chi connectivity index (χ1v) is 6.61. The van der Waals surface area contributed by atoms with E-state index in [9.17, 15) is 5.11 Å². The second-order valence-corrected chi connectivity index (χ2v) is 5.06. The van der Waals surface area contributed by atoms with Crippen LogP contribution < -0.4 is 4.74 Å². The minimum Gasteiger partial charge on any atom is -0.497 e. The second kappa shape index (κ2) is 6.29. The highest BCUT2D eigenvalue weighted by atomic mass is 35.5. The van der Waals surface area contributed by atoms with Gasteiger partial charge in [0.05, 0.1) is 23.3 Å². The van der Waals surface area contributed by atoms with Gasteiger partial charge in [0.15, 0.2) is 0 Å². The smallest absolute Gasteiger partial charge is 0.119 e. The van der Waals surface area contributed by atoms with Crippen molar-refractivity contribution in [1.29, 1.82) is 0 Å². The van der Waals surface area contributed by atoms with Crippen LogP contribution in [-0.2, 0) is 6.42 Å². The molecule has 0 aromatic heterocycles. The van der Waals surface area contributed by atoms with Crippen molar-refractivity contribution in [2.24, 2.45) is 0 Å². The van der Waals surface area contributed by atoms with Crippen molar-refractivity contribution < 1.29 is 9.84 Å². The average molecular weight is 297 g/mol. The van der Waals surface area contributed by atoms with Crippen LogP contribution in [0.5, 0.6) is 5.75 Å². The third-order valence-electron chi connectivity index (χ3n) is 2.89. The Morgan fingerprint density at radius 2 is 1.89 bits per heavy atom. The van der Waals surface area contributed by atoms with Crippen molar-refractivity contribution in [2.45, 2.75) is 12.5 Å². The Bertz CT molecular complexity index is 570.